The van der Waals surface area contributed by atoms with Gasteiger partial charge in [0.05, 0.1) is 31.3 Å². The first kappa shape index (κ1) is 16.0. The van der Waals surface area contributed by atoms with Crippen molar-refractivity contribution in [3.05, 3.63) is 48.0 Å². The highest BCUT2D eigenvalue weighted by molar-refractivity contribution is 5.97. The third-order valence-corrected chi connectivity index (χ3v) is 3.80. The Morgan fingerprint density at radius 2 is 1.96 bits per heavy atom. The van der Waals surface area contributed by atoms with Crippen LogP contribution in [0.3, 0.4) is 0 Å². The maximum Gasteiger partial charge on any atom is 0.137 e. The first-order valence-corrected chi connectivity index (χ1v) is 7.76. The topological polar surface area (TPSA) is 82.5 Å². The number of hydrogen-bond donors (Lipinski definition) is 2. The van der Waals surface area contributed by atoms with E-state index in [4.69, 9.17) is 4.74 Å². The normalized spacial score (nSPS) is 11.1. The number of carboxylic acids is 1. The third-order valence-electron chi connectivity index (χ3n) is 3.80. The Kier molecular flexibility index (Phi) is 4.48. The van der Waals surface area contributed by atoms with Crippen LogP contribution in [0.2, 0.25) is 0 Å². The molecule has 0 saturated heterocycles. The molecule has 0 fully saturated rings. The monoisotopic (exact) mass is 325 g/mol. The number of hydrogen-bond acceptors (Lipinski definition) is 4. The highest BCUT2D eigenvalue weighted by atomic mass is 16.5. The molecule has 6 heteroatoms. The van der Waals surface area contributed by atoms with Crippen molar-refractivity contribution in [1.29, 1.82) is 0 Å². The maximum atomic E-state index is 10.9. The van der Waals surface area contributed by atoms with Gasteiger partial charge in [-0.2, -0.15) is 5.10 Å². The average Bonchev–Trinajstić information content (AvgIpc) is 2.98. The number of quaternary nitrogens is 1. The number of aromatic nitrogens is 2. The zero-order valence-electron chi connectivity index (χ0n) is 13.6. The van der Waals surface area contributed by atoms with E-state index in [0.717, 1.165) is 28.9 Å². The molecular formula is C18H19N3O3. The van der Waals surface area contributed by atoms with Gasteiger partial charge in [0.1, 0.15) is 18.9 Å². The second-order valence-corrected chi connectivity index (χ2v) is 5.95. The summed E-state index contributed by atoms with van der Waals surface area (Å²) in [5, 5.41) is 19.0. The molecule has 0 spiro atoms. The van der Waals surface area contributed by atoms with Gasteiger partial charge in [0.15, 0.2) is 0 Å². The number of carboxylic acid groups (broad SMARTS) is 1. The van der Waals surface area contributed by atoms with Gasteiger partial charge in [0.2, 0.25) is 0 Å². The zero-order chi connectivity index (χ0) is 17.1. The van der Waals surface area contributed by atoms with E-state index in [1.54, 1.807) is 6.07 Å². The number of carbonyl (C=O) groups is 1. The summed E-state index contributed by atoms with van der Waals surface area (Å²) in [6, 6.07) is 12.5. The molecule has 2 aromatic carbocycles. The minimum Gasteiger partial charge on any atom is -0.545 e. The number of fused-ring (bicyclic) bond motifs is 1. The summed E-state index contributed by atoms with van der Waals surface area (Å²) < 4.78 is 5.70. The Morgan fingerprint density at radius 3 is 2.62 bits per heavy atom. The van der Waals surface area contributed by atoms with E-state index < -0.39 is 5.97 Å². The van der Waals surface area contributed by atoms with Gasteiger partial charge in [0.25, 0.3) is 0 Å². The van der Waals surface area contributed by atoms with Crippen LogP contribution >= 0.6 is 0 Å². The Balaban J connectivity index is 1.81. The lowest BCUT2D eigenvalue weighted by molar-refractivity contribution is -0.858. The lowest BCUT2D eigenvalue weighted by Crippen LogP contribution is -3.06. The fraction of sp³-hybridized carbons (Fsp3) is 0.222. The Hall–Kier alpha value is -2.86. The predicted molar refractivity (Wildman–Crippen MR) is 89.0 cm³/mol. The lowest BCUT2D eigenvalue weighted by Gasteiger charge is -2.09. The van der Waals surface area contributed by atoms with Gasteiger partial charge in [0, 0.05) is 10.9 Å². The van der Waals surface area contributed by atoms with Crippen molar-refractivity contribution >= 4 is 16.9 Å². The summed E-state index contributed by atoms with van der Waals surface area (Å²) in [7, 11) is 4.17. The van der Waals surface area contributed by atoms with Crippen LogP contribution in [0.15, 0.2) is 42.5 Å². The summed E-state index contributed by atoms with van der Waals surface area (Å²) in [5.74, 6) is -0.381. The van der Waals surface area contributed by atoms with E-state index in [0.29, 0.717) is 12.1 Å². The van der Waals surface area contributed by atoms with Crippen molar-refractivity contribution in [3.63, 3.8) is 0 Å². The molecule has 0 bridgehead atoms. The van der Waals surface area contributed by atoms with Crippen LogP contribution in [-0.2, 0) is 0 Å². The minimum atomic E-state index is -1.20. The first-order valence-electron chi connectivity index (χ1n) is 7.76. The summed E-state index contributed by atoms with van der Waals surface area (Å²) in [6.07, 6.45) is 0. The van der Waals surface area contributed by atoms with Crippen molar-refractivity contribution in [3.8, 4) is 17.0 Å². The molecule has 6 nitrogen and oxygen atoms in total. The number of aromatic carboxylic acids is 1. The molecule has 0 aliphatic heterocycles. The maximum absolute atomic E-state index is 10.9. The molecule has 24 heavy (non-hydrogen) atoms. The molecule has 0 atom stereocenters. The van der Waals surface area contributed by atoms with E-state index in [2.05, 4.69) is 24.3 Å². The predicted octanol–water partition coefficient (Wildman–Crippen LogP) is 0.117. The minimum absolute atomic E-state index is 0.129. The van der Waals surface area contributed by atoms with E-state index in [9.17, 15) is 9.90 Å². The summed E-state index contributed by atoms with van der Waals surface area (Å²) in [6.45, 7) is 1.60. The lowest BCUT2D eigenvalue weighted by atomic mass is 10.1. The number of benzene rings is 2. The Labute approximate surface area is 139 Å². The van der Waals surface area contributed by atoms with Crippen LogP contribution in [0, 0.1) is 0 Å². The number of nitrogens with one attached hydrogen (secondary N) is 2. The van der Waals surface area contributed by atoms with Crippen molar-refractivity contribution in [2.45, 2.75) is 0 Å². The van der Waals surface area contributed by atoms with Gasteiger partial charge in [-0.05, 0) is 42.0 Å². The third kappa shape index (κ3) is 3.38. The van der Waals surface area contributed by atoms with Crippen molar-refractivity contribution in [1.82, 2.24) is 10.2 Å². The molecule has 0 saturated carbocycles. The van der Waals surface area contributed by atoms with Crippen LogP contribution in [-0.4, -0.2) is 43.4 Å². The fourth-order valence-corrected chi connectivity index (χ4v) is 2.45. The summed E-state index contributed by atoms with van der Waals surface area (Å²) in [4.78, 5) is 12.3. The SMILES string of the molecule is C[NH+](C)CCOc1ccc(-c2n[nH]c3cc(C(=O)[O-])ccc23)cc1. The molecule has 3 aromatic rings. The van der Waals surface area contributed by atoms with Crippen LogP contribution in [0.5, 0.6) is 5.75 Å². The van der Waals surface area contributed by atoms with Gasteiger partial charge in [-0.25, -0.2) is 0 Å². The van der Waals surface area contributed by atoms with Gasteiger partial charge in [-0.3, -0.25) is 5.10 Å². The molecule has 0 radical (unpaired) electrons. The van der Waals surface area contributed by atoms with Crippen molar-refractivity contribution in [2.75, 3.05) is 27.2 Å². The number of nitrogens with zero attached hydrogens (tertiary/aromatic N) is 1. The molecule has 0 amide bonds. The van der Waals surface area contributed by atoms with Crippen molar-refractivity contribution in [2.24, 2.45) is 0 Å². The number of ether oxygens (including phenoxy) is 1. The molecule has 0 aliphatic carbocycles. The Morgan fingerprint density at radius 1 is 1.21 bits per heavy atom. The molecule has 3 rings (SSSR count). The average molecular weight is 325 g/mol. The highest BCUT2D eigenvalue weighted by Gasteiger charge is 2.09. The second-order valence-electron chi connectivity index (χ2n) is 5.95. The highest BCUT2D eigenvalue weighted by Crippen LogP contribution is 2.28. The first-order chi connectivity index (χ1) is 11.5. The van der Waals surface area contributed by atoms with E-state index in [1.165, 1.54) is 17.0 Å². The van der Waals surface area contributed by atoms with Crippen molar-refractivity contribution < 1.29 is 19.5 Å². The number of likely N-dealkylation sites (N-methyl/N-ethyl adjacent to an activating group) is 1. The molecule has 0 aliphatic rings. The fourth-order valence-electron chi connectivity index (χ4n) is 2.45. The molecule has 124 valence electrons. The van der Waals surface area contributed by atoms with Gasteiger partial charge in [-0.15, -0.1) is 0 Å². The van der Waals surface area contributed by atoms with E-state index >= 15 is 0 Å². The van der Waals surface area contributed by atoms with Gasteiger partial charge in [-0.1, -0.05) is 6.07 Å². The van der Waals surface area contributed by atoms with Gasteiger partial charge >= 0.3 is 0 Å². The number of carbonyl (C=O) groups excluding carboxylic acids is 1. The molecule has 2 N–H and O–H groups in total. The van der Waals surface area contributed by atoms with E-state index in [-0.39, 0.29) is 5.56 Å². The molecule has 1 heterocycles. The van der Waals surface area contributed by atoms with Crippen LogP contribution in [0.1, 0.15) is 10.4 Å². The Bertz CT molecular complexity index is 854. The number of rotatable bonds is 6. The number of H-pyrrole nitrogens is 1. The molecular weight excluding hydrogens is 306 g/mol. The smallest absolute Gasteiger partial charge is 0.137 e. The van der Waals surface area contributed by atoms with Crippen LogP contribution < -0.4 is 14.7 Å². The zero-order valence-corrected chi connectivity index (χ0v) is 13.6. The van der Waals surface area contributed by atoms with Crippen LogP contribution in [0.25, 0.3) is 22.2 Å². The second kappa shape index (κ2) is 6.72. The summed E-state index contributed by atoms with van der Waals surface area (Å²) in [5.41, 5.74) is 2.51. The quantitative estimate of drug-likeness (QED) is 0.674. The van der Waals surface area contributed by atoms with Crippen LogP contribution in [0.4, 0.5) is 0 Å². The number of aromatic amines is 1. The summed E-state index contributed by atoms with van der Waals surface area (Å²) >= 11 is 0. The largest absolute Gasteiger partial charge is 0.545 e. The standard InChI is InChI=1S/C18H19N3O3/c1-21(2)9-10-24-14-6-3-12(4-7-14)17-15-8-5-13(18(22)23)11-16(15)19-20-17/h3-8,11H,9-10H2,1-2H3,(H,19,20)(H,22,23). The van der Waals surface area contributed by atoms with E-state index in [1.807, 2.05) is 24.3 Å². The molecule has 0 unspecified atom stereocenters. The molecule has 1 aromatic heterocycles. The van der Waals surface area contributed by atoms with Gasteiger partial charge < -0.3 is 19.5 Å².